The molecule has 0 aliphatic rings. The fourth-order valence-corrected chi connectivity index (χ4v) is 0.581. The summed E-state index contributed by atoms with van der Waals surface area (Å²) >= 11 is 0. The Balaban J connectivity index is 0.00000121. The monoisotopic (exact) mass is 203 g/mol. The Morgan fingerprint density at radius 2 is 1.75 bits per heavy atom. The van der Waals surface area contributed by atoms with Gasteiger partial charge in [-0.3, -0.25) is 0 Å². The molecule has 0 saturated heterocycles. The first-order valence-corrected chi connectivity index (χ1v) is 2.81. The Morgan fingerprint density at radius 3 is 2.08 bits per heavy atom. The third kappa shape index (κ3) is 3.53. The molecule has 1 rings (SSSR count). The number of rotatable bonds is 1. The van der Waals surface area contributed by atoms with Crippen molar-refractivity contribution < 1.29 is 68.7 Å². The molecule has 1 aromatic heterocycles. The SMILES string of the molecule is Fc1ccc([B-](F)(F)F)cn1.[K+]. The molecule has 1 heterocycles. The van der Waals surface area contributed by atoms with Gasteiger partial charge in [0.1, 0.15) is 0 Å². The molecule has 0 fully saturated rings. The standard InChI is InChI=1S/C5H3BF4N.K/c7-5-2-1-4(3-11-5)6(8,9)10;/h1-3H;/q-1;+1. The summed E-state index contributed by atoms with van der Waals surface area (Å²) in [6, 6.07) is 1.35. The van der Waals surface area contributed by atoms with E-state index in [2.05, 4.69) is 4.98 Å². The van der Waals surface area contributed by atoms with Gasteiger partial charge in [-0.15, -0.1) is 0 Å². The molecule has 12 heavy (non-hydrogen) atoms. The van der Waals surface area contributed by atoms with E-state index in [4.69, 9.17) is 0 Å². The van der Waals surface area contributed by atoms with Gasteiger partial charge in [0.15, 0.2) is 0 Å². The van der Waals surface area contributed by atoms with Crippen molar-refractivity contribution in [2.75, 3.05) is 0 Å². The molecule has 7 heteroatoms. The third-order valence-electron chi connectivity index (χ3n) is 1.13. The van der Waals surface area contributed by atoms with Crippen LogP contribution in [0.1, 0.15) is 0 Å². The fraction of sp³-hybridized carbons (Fsp3) is 0. The molecule has 0 atom stereocenters. The molecule has 1 nitrogen and oxygen atoms in total. The van der Waals surface area contributed by atoms with E-state index < -0.39 is 18.4 Å². The maximum Gasteiger partial charge on any atom is 1.00 e. The predicted molar refractivity (Wildman–Crippen MR) is 32.9 cm³/mol. The second kappa shape index (κ2) is 4.71. The molecule has 0 aliphatic heterocycles. The van der Waals surface area contributed by atoms with Gasteiger partial charge >= 0.3 is 58.4 Å². The summed E-state index contributed by atoms with van der Waals surface area (Å²) < 4.78 is 47.5. The minimum absolute atomic E-state index is 0. The van der Waals surface area contributed by atoms with Gasteiger partial charge in [0.25, 0.3) is 0 Å². The van der Waals surface area contributed by atoms with Crippen LogP contribution in [0.2, 0.25) is 0 Å². The van der Waals surface area contributed by atoms with Gasteiger partial charge in [0.2, 0.25) is 5.95 Å². The van der Waals surface area contributed by atoms with Crippen molar-refractivity contribution in [1.82, 2.24) is 4.98 Å². The minimum Gasteiger partial charge on any atom is -0.445 e. The molecule has 0 spiro atoms. The Hall–Kier alpha value is 0.571. The molecule has 0 aliphatic carbocycles. The number of hydrogen-bond acceptors (Lipinski definition) is 1. The zero-order valence-electron chi connectivity index (χ0n) is 6.27. The number of nitrogens with zero attached hydrogens (tertiary/aromatic N) is 1. The summed E-state index contributed by atoms with van der Waals surface area (Å²) in [7, 11) is 0. The zero-order chi connectivity index (χ0) is 8.48. The average Bonchev–Trinajstić information content (AvgIpc) is 1.86. The zero-order valence-corrected chi connectivity index (χ0v) is 9.39. The molecule has 0 saturated carbocycles. The summed E-state index contributed by atoms with van der Waals surface area (Å²) in [5.74, 6) is -0.909. The predicted octanol–water partition coefficient (Wildman–Crippen LogP) is -1.72. The Kier molecular flexibility index (Phi) is 4.93. The maximum atomic E-state index is 12.0. The fourth-order valence-electron chi connectivity index (χ4n) is 0.581. The van der Waals surface area contributed by atoms with Crippen LogP contribution in [0.5, 0.6) is 0 Å². The Bertz CT molecular complexity index is 247. The van der Waals surface area contributed by atoms with Gasteiger partial charge in [0.05, 0.1) is 0 Å². The molecule has 0 bridgehead atoms. The second-order valence-electron chi connectivity index (χ2n) is 1.99. The van der Waals surface area contributed by atoms with Crippen molar-refractivity contribution in [2.24, 2.45) is 0 Å². The van der Waals surface area contributed by atoms with Crippen LogP contribution in [0.4, 0.5) is 17.3 Å². The molecule has 1 aromatic rings. The smallest absolute Gasteiger partial charge is 0.445 e. The molecule has 0 radical (unpaired) electrons. The van der Waals surface area contributed by atoms with Crippen LogP contribution in [0.15, 0.2) is 18.3 Å². The first-order valence-electron chi connectivity index (χ1n) is 2.81. The van der Waals surface area contributed by atoms with Crippen molar-refractivity contribution >= 4 is 12.4 Å². The quantitative estimate of drug-likeness (QED) is 0.300. The van der Waals surface area contributed by atoms with Gasteiger partial charge in [-0.05, 0) is 6.07 Å². The van der Waals surface area contributed by atoms with Gasteiger partial charge in [0, 0.05) is 6.20 Å². The van der Waals surface area contributed by atoms with Crippen LogP contribution >= 0.6 is 0 Å². The van der Waals surface area contributed by atoms with E-state index in [1.54, 1.807) is 0 Å². The van der Waals surface area contributed by atoms with Crippen LogP contribution in [0.3, 0.4) is 0 Å². The number of aromatic nitrogens is 1. The summed E-state index contributed by atoms with van der Waals surface area (Å²) in [6.07, 6.45) is 0.481. The molecule has 0 aromatic carbocycles. The van der Waals surface area contributed by atoms with Crippen LogP contribution in [-0.4, -0.2) is 12.0 Å². The summed E-state index contributed by atoms with van der Waals surface area (Å²) in [4.78, 5) is 2.87. The van der Waals surface area contributed by atoms with E-state index in [0.717, 1.165) is 0 Å². The van der Waals surface area contributed by atoms with Gasteiger partial charge in [-0.25, -0.2) is 4.98 Å². The Morgan fingerprint density at radius 1 is 1.17 bits per heavy atom. The molecule has 0 N–H and O–H groups in total. The van der Waals surface area contributed by atoms with E-state index in [0.29, 0.717) is 18.3 Å². The van der Waals surface area contributed by atoms with Crippen LogP contribution in [0, 0.1) is 5.95 Å². The third-order valence-corrected chi connectivity index (χ3v) is 1.13. The van der Waals surface area contributed by atoms with E-state index in [1.807, 2.05) is 0 Å². The van der Waals surface area contributed by atoms with Crippen LogP contribution in [-0.2, 0) is 0 Å². The summed E-state index contributed by atoms with van der Waals surface area (Å²) in [5, 5.41) is 0. The molecule has 0 unspecified atom stereocenters. The molecular weight excluding hydrogens is 200 g/mol. The van der Waals surface area contributed by atoms with Crippen LogP contribution in [0.25, 0.3) is 0 Å². The van der Waals surface area contributed by atoms with Crippen molar-refractivity contribution in [3.8, 4) is 0 Å². The number of hydrogen-bond donors (Lipinski definition) is 0. The van der Waals surface area contributed by atoms with E-state index in [9.17, 15) is 17.3 Å². The molecule has 0 amide bonds. The molecule has 60 valence electrons. The molecular formula is C5H3BF4KN. The second-order valence-corrected chi connectivity index (χ2v) is 1.99. The first kappa shape index (κ1) is 12.6. The number of pyridine rings is 1. The normalized spacial score (nSPS) is 10.7. The van der Waals surface area contributed by atoms with Gasteiger partial charge in [-0.1, -0.05) is 11.5 Å². The van der Waals surface area contributed by atoms with Crippen molar-refractivity contribution in [1.29, 1.82) is 0 Å². The van der Waals surface area contributed by atoms with Crippen LogP contribution < -0.4 is 56.8 Å². The van der Waals surface area contributed by atoms with Gasteiger partial charge < -0.3 is 12.9 Å². The summed E-state index contributed by atoms with van der Waals surface area (Å²) in [6.45, 7) is -5.05. The van der Waals surface area contributed by atoms with E-state index in [1.165, 1.54) is 0 Å². The van der Waals surface area contributed by atoms with Crippen molar-refractivity contribution in [3.63, 3.8) is 0 Å². The maximum absolute atomic E-state index is 12.0. The first-order chi connectivity index (χ1) is 5.00. The van der Waals surface area contributed by atoms with Gasteiger partial charge in [-0.2, -0.15) is 4.39 Å². The van der Waals surface area contributed by atoms with Crippen molar-refractivity contribution in [2.45, 2.75) is 0 Å². The topological polar surface area (TPSA) is 12.9 Å². The van der Waals surface area contributed by atoms with Crippen molar-refractivity contribution in [3.05, 3.63) is 24.3 Å². The summed E-state index contributed by atoms with van der Waals surface area (Å²) in [5.41, 5.74) is -0.883. The van der Waals surface area contributed by atoms with E-state index in [-0.39, 0.29) is 51.4 Å². The largest absolute Gasteiger partial charge is 1.00 e. The Labute approximate surface area is 109 Å². The minimum atomic E-state index is -5.05. The average molecular weight is 203 g/mol. The number of halogens is 4. The van der Waals surface area contributed by atoms with E-state index >= 15 is 0 Å².